The lowest BCUT2D eigenvalue weighted by molar-refractivity contribution is 0.222. The topological polar surface area (TPSA) is 35.5 Å². The van der Waals surface area contributed by atoms with Crippen molar-refractivity contribution < 1.29 is 13.6 Å². The van der Waals surface area contributed by atoms with Crippen molar-refractivity contribution in [2.24, 2.45) is 0 Å². The van der Waals surface area contributed by atoms with Gasteiger partial charge in [0.2, 0.25) is 0 Å². The lowest BCUT2D eigenvalue weighted by atomic mass is 10.3. The Morgan fingerprint density at radius 1 is 0.850 bits per heavy atom. The average Bonchev–Trinajstić information content (AvgIpc) is 2.45. The highest BCUT2D eigenvalue weighted by Crippen LogP contribution is 2.24. The molecular formula is C16H22O3P+. The van der Waals surface area contributed by atoms with E-state index in [0.717, 1.165) is 25.7 Å². The largest absolute Gasteiger partial charge is 0.697 e. The Labute approximate surface area is 123 Å². The van der Waals surface area contributed by atoms with Crippen LogP contribution >= 0.6 is 8.25 Å². The molecule has 0 N–H and O–H groups in total. The lowest BCUT2D eigenvalue weighted by Gasteiger charge is -1.92. The summed E-state index contributed by atoms with van der Waals surface area (Å²) in [6, 6.07) is 0. The van der Waals surface area contributed by atoms with E-state index < -0.39 is 8.25 Å². The van der Waals surface area contributed by atoms with E-state index in [1.165, 1.54) is 0 Å². The minimum Gasteiger partial charge on any atom is -0.120 e. The molecule has 3 nitrogen and oxygen atoms in total. The molecular weight excluding hydrogens is 271 g/mol. The highest BCUT2D eigenvalue weighted by Gasteiger charge is 2.18. The maximum Gasteiger partial charge on any atom is 0.697 e. The molecule has 4 heteroatoms. The van der Waals surface area contributed by atoms with Gasteiger partial charge in [0, 0.05) is 17.4 Å². The molecule has 0 unspecified atom stereocenters. The number of terminal acetylenes is 2. The van der Waals surface area contributed by atoms with Gasteiger partial charge in [-0.3, -0.25) is 0 Å². The lowest BCUT2D eigenvalue weighted by Crippen LogP contribution is -1.90. The Bertz CT molecular complexity index is 350. The van der Waals surface area contributed by atoms with Crippen molar-refractivity contribution >= 4 is 8.25 Å². The van der Waals surface area contributed by atoms with Crippen LogP contribution in [-0.2, 0) is 13.6 Å². The van der Waals surface area contributed by atoms with Crippen molar-refractivity contribution in [1.29, 1.82) is 0 Å². The molecule has 0 aliphatic carbocycles. The maximum absolute atomic E-state index is 11.3. The van der Waals surface area contributed by atoms with Gasteiger partial charge in [-0.1, -0.05) is 24.3 Å². The number of unbranched alkanes of at least 4 members (excludes halogenated alkanes) is 2. The number of hydrogen-bond acceptors (Lipinski definition) is 3. The molecule has 0 heterocycles. The minimum absolute atomic E-state index is 0.428. The van der Waals surface area contributed by atoms with Crippen LogP contribution in [-0.4, -0.2) is 13.2 Å². The number of rotatable bonds is 12. The van der Waals surface area contributed by atoms with Crippen molar-refractivity contribution in [3.8, 4) is 24.7 Å². The van der Waals surface area contributed by atoms with E-state index in [2.05, 4.69) is 11.8 Å². The molecule has 0 bridgehead atoms. The van der Waals surface area contributed by atoms with Crippen LogP contribution in [0.4, 0.5) is 0 Å². The zero-order valence-electron chi connectivity index (χ0n) is 11.8. The first-order chi connectivity index (χ1) is 9.81. The molecule has 0 aromatic carbocycles. The van der Waals surface area contributed by atoms with E-state index in [0.29, 0.717) is 26.1 Å². The Hall–Kier alpha value is -1.38. The minimum atomic E-state index is -2.00. The van der Waals surface area contributed by atoms with Gasteiger partial charge in [-0.2, -0.15) is 0 Å². The molecule has 0 aliphatic rings. The fourth-order valence-electron chi connectivity index (χ4n) is 1.26. The standard InChI is InChI=1S/C16H22O3P/c1-3-5-7-9-11-13-15-18-20(17)19-16-14-12-10-8-6-4-2/h1-2,7-10H,5-6,11-16H2/q+1. The fraction of sp³-hybridized carbons (Fsp3) is 0.500. The zero-order valence-corrected chi connectivity index (χ0v) is 12.7. The van der Waals surface area contributed by atoms with Crippen LogP contribution in [0.2, 0.25) is 0 Å². The summed E-state index contributed by atoms with van der Waals surface area (Å²) in [5.41, 5.74) is 0. The molecule has 0 fully saturated rings. The molecule has 0 radical (unpaired) electrons. The van der Waals surface area contributed by atoms with Crippen molar-refractivity contribution in [2.45, 2.75) is 38.5 Å². The van der Waals surface area contributed by atoms with E-state index in [1.54, 1.807) is 0 Å². The normalized spacial score (nSPS) is 11.6. The Balaban J connectivity index is 3.34. The predicted molar refractivity (Wildman–Crippen MR) is 83.2 cm³/mol. The van der Waals surface area contributed by atoms with E-state index in [4.69, 9.17) is 21.9 Å². The van der Waals surface area contributed by atoms with Gasteiger partial charge in [-0.15, -0.1) is 33.7 Å². The first-order valence-electron chi connectivity index (χ1n) is 6.71. The van der Waals surface area contributed by atoms with Crippen LogP contribution in [0.1, 0.15) is 38.5 Å². The molecule has 0 saturated carbocycles. The highest BCUT2D eigenvalue weighted by molar-refractivity contribution is 7.33. The highest BCUT2D eigenvalue weighted by atomic mass is 31.1. The fourth-order valence-corrected chi connectivity index (χ4v) is 1.89. The maximum atomic E-state index is 11.3. The molecule has 0 aromatic rings. The van der Waals surface area contributed by atoms with Crippen LogP contribution in [0.25, 0.3) is 0 Å². The summed E-state index contributed by atoms with van der Waals surface area (Å²) < 4.78 is 21.5. The van der Waals surface area contributed by atoms with Gasteiger partial charge in [0.25, 0.3) is 0 Å². The average molecular weight is 293 g/mol. The van der Waals surface area contributed by atoms with Crippen LogP contribution in [0, 0.1) is 24.7 Å². The molecule has 0 amide bonds. The summed E-state index contributed by atoms with van der Waals surface area (Å²) in [6.45, 7) is 0.856. The van der Waals surface area contributed by atoms with Crippen LogP contribution in [0.3, 0.4) is 0 Å². The smallest absolute Gasteiger partial charge is 0.120 e. The molecule has 20 heavy (non-hydrogen) atoms. The second-order valence-corrected chi connectivity index (χ2v) is 4.90. The van der Waals surface area contributed by atoms with E-state index in [-0.39, 0.29) is 0 Å². The summed E-state index contributed by atoms with van der Waals surface area (Å²) >= 11 is 0. The molecule has 0 aromatic heterocycles. The molecule has 0 aliphatic heterocycles. The SMILES string of the molecule is C#CCC=CCCCO[P+](=O)OCCCC=CCC#C. The van der Waals surface area contributed by atoms with E-state index in [9.17, 15) is 4.57 Å². The Morgan fingerprint density at radius 3 is 1.70 bits per heavy atom. The second-order valence-electron chi connectivity index (χ2n) is 3.93. The van der Waals surface area contributed by atoms with Gasteiger partial charge in [-0.05, 0) is 25.7 Å². The van der Waals surface area contributed by atoms with Crippen LogP contribution in [0.5, 0.6) is 0 Å². The van der Waals surface area contributed by atoms with Gasteiger partial charge in [0.1, 0.15) is 13.2 Å². The van der Waals surface area contributed by atoms with E-state index in [1.807, 2.05) is 24.3 Å². The third kappa shape index (κ3) is 14.7. The summed E-state index contributed by atoms with van der Waals surface area (Å²) in [4.78, 5) is 0. The molecule has 108 valence electrons. The third-order valence-corrected chi connectivity index (χ3v) is 3.02. The Kier molecular flexibility index (Phi) is 14.6. The molecule has 0 atom stereocenters. The predicted octanol–water partition coefficient (Wildman–Crippen LogP) is 4.40. The van der Waals surface area contributed by atoms with Crippen molar-refractivity contribution in [2.75, 3.05) is 13.2 Å². The van der Waals surface area contributed by atoms with Gasteiger partial charge >= 0.3 is 8.25 Å². The molecule has 0 rings (SSSR count). The molecule has 0 spiro atoms. The second kappa shape index (κ2) is 15.7. The third-order valence-electron chi connectivity index (χ3n) is 2.23. The Morgan fingerprint density at radius 2 is 1.30 bits per heavy atom. The summed E-state index contributed by atoms with van der Waals surface area (Å²) in [7, 11) is -2.00. The first-order valence-corrected chi connectivity index (χ1v) is 7.80. The van der Waals surface area contributed by atoms with Crippen LogP contribution < -0.4 is 0 Å². The monoisotopic (exact) mass is 293 g/mol. The van der Waals surface area contributed by atoms with Crippen molar-refractivity contribution in [3.63, 3.8) is 0 Å². The van der Waals surface area contributed by atoms with Crippen LogP contribution in [0.15, 0.2) is 24.3 Å². The van der Waals surface area contributed by atoms with Crippen molar-refractivity contribution in [1.82, 2.24) is 0 Å². The molecule has 0 saturated heterocycles. The first kappa shape index (κ1) is 18.6. The quantitative estimate of drug-likeness (QED) is 0.231. The van der Waals surface area contributed by atoms with E-state index >= 15 is 0 Å². The number of allylic oxidation sites excluding steroid dienone is 4. The number of hydrogen-bond donors (Lipinski definition) is 0. The van der Waals surface area contributed by atoms with Gasteiger partial charge in [0.05, 0.1) is 0 Å². The summed E-state index contributed by atoms with van der Waals surface area (Å²) in [5, 5.41) is 0. The summed E-state index contributed by atoms with van der Waals surface area (Å²) in [5.74, 6) is 5.04. The van der Waals surface area contributed by atoms with Gasteiger partial charge in [-0.25, -0.2) is 0 Å². The summed E-state index contributed by atoms with van der Waals surface area (Å²) in [6.07, 6.45) is 22.7. The van der Waals surface area contributed by atoms with Gasteiger partial charge < -0.3 is 0 Å². The van der Waals surface area contributed by atoms with Crippen molar-refractivity contribution in [3.05, 3.63) is 24.3 Å². The zero-order chi connectivity index (χ0) is 14.9. The van der Waals surface area contributed by atoms with Gasteiger partial charge in [0.15, 0.2) is 0 Å².